The van der Waals surface area contributed by atoms with Crippen LogP contribution in [0.1, 0.15) is 18.1 Å². The fourth-order valence-corrected chi connectivity index (χ4v) is 4.98. The Kier molecular flexibility index (Phi) is 6.66. The van der Waals surface area contributed by atoms with E-state index >= 15 is 0 Å². The summed E-state index contributed by atoms with van der Waals surface area (Å²) in [4.78, 5) is 13.2. The van der Waals surface area contributed by atoms with Crippen molar-refractivity contribution in [1.82, 2.24) is 9.62 Å². The standard InChI is InChI=1S/C21H26FN3O3S/c1-16-7-9-18(10-8-16)15-23-21(26)17(2)24-11-13-25(14-12-24)29(27,28)20-6-4-3-5-19(20)22/h3-10,17H,11-15H2,1-2H3,(H,23,26)/p+1/t17-/m0/s1. The molecule has 29 heavy (non-hydrogen) atoms. The number of hydrogen-bond acceptors (Lipinski definition) is 3. The van der Waals surface area contributed by atoms with Gasteiger partial charge >= 0.3 is 0 Å². The molecule has 1 heterocycles. The number of sulfonamides is 1. The van der Waals surface area contributed by atoms with Gasteiger partial charge in [-0.2, -0.15) is 4.31 Å². The quantitative estimate of drug-likeness (QED) is 0.724. The summed E-state index contributed by atoms with van der Waals surface area (Å²) in [6.07, 6.45) is 0. The van der Waals surface area contributed by atoms with Crippen LogP contribution in [0.5, 0.6) is 0 Å². The predicted octanol–water partition coefficient (Wildman–Crippen LogP) is 0.728. The van der Waals surface area contributed by atoms with E-state index in [0.717, 1.165) is 16.5 Å². The molecular weight excluding hydrogens is 393 g/mol. The maximum absolute atomic E-state index is 13.9. The number of rotatable bonds is 6. The fourth-order valence-electron chi connectivity index (χ4n) is 3.47. The topological polar surface area (TPSA) is 70.9 Å². The number of quaternary nitrogens is 1. The van der Waals surface area contributed by atoms with Gasteiger partial charge in [-0.25, -0.2) is 12.8 Å². The Morgan fingerprint density at radius 1 is 1.14 bits per heavy atom. The van der Waals surface area contributed by atoms with E-state index in [0.29, 0.717) is 19.6 Å². The van der Waals surface area contributed by atoms with Crippen molar-refractivity contribution < 1.29 is 22.5 Å². The zero-order valence-electron chi connectivity index (χ0n) is 16.7. The summed E-state index contributed by atoms with van der Waals surface area (Å²) in [6.45, 7) is 5.81. The number of hydrogen-bond donors (Lipinski definition) is 2. The minimum Gasteiger partial charge on any atom is -0.347 e. The van der Waals surface area contributed by atoms with Gasteiger partial charge < -0.3 is 10.2 Å². The second-order valence-electron chi connectivity index (χ2n) is 7.42. The van der Waals surface area contributed by atoms with Crippen molar-refractivity contribution in [3.05, 3.63) is 65.5 Å². The molecule has 156 valence electrons. The van der Waals surface area contributed by atoms with Gasteiger partial charge in [0.05, 0.1) is 26.2 Å². The Balaban J connectivity index is 1.55. The lowest BCUT2D eigenvalue weighted by Gasteiger charge is -2.34. The molecule has 2 aromatic rings. The summed E-state index contributed by atoms with van der Waals surface area (Å²) < 4.78 is 40.6. The highest BCUT2D eigenvalue weighted by Crippen LogP contribution is 2.18. The van der Waals surface area contributed by atoms with Gasteiger partial charge in [0.1, 0.15) is 10.7 Å². The van der Waals surface area contributed by atoms with E-state index in [-0.39, 0.29) is 29.9 Å². The molecule has 2 aromatic carbocycles. The summed E-state index contributed by atoms with van der Waals surface area (Å²) in [5.74, 6) is -0.808. The van der Waals surface area contributed by atoms with Crippen LogP contribution in [-0.4, -0.2) is 50.9 Å². The van der Waals surface area contributed by atoms with E-state index in [1.54, 1.807) is 0 Å². The highest BCUT2D eigenvalue weighted by Gasteiger charge is 2.35. The summed E-state index contributed by atoms with van der Waals surface area (Å²) in [6, 6.07) is 13.1. The average molecular weight is 421 g/mol. The normalized spacial score (nSPS) is 17.1. The molecule has 1 aliphatic rings. The summed E-state index contributed by atoms with van der Waals surface area (Å²) in [5, 5.41) is 2.95. The summed E-state index contributed by atoms with van der Waals surface area (Å²) in [5.41, 5.74) is 2.20. The predicted molar refractivity (Wildman–Crippen MR) is 108 cm³/mol. The molecule has 1 saturated heterocycles. The number of halogens is 1. The van der Waals surface area contributed by atoms with E-state index in [1.807, 2.05) is 38.1 Å². The van der Waals surface area contributed by atoms with Gasteiger partial charge in [0.25, 0.3) is 5.91 Å². The Hall–Kier alpha value is -2.29. The molecule has 0 unspecified atom stereocenters. The lowest BCUT2D eigenvalue weighted by molar-refractivity contribution is -0.917. The molecule has 0 radical (unpaired) electrons. The van der Waals surface area contributed by atoms with Crippen molar-refractivity contribution in [2.75, 3.05) is 26.2 Å². The smallest absolute Gasteiger partial charge is 0.278 e. The molecule has 0 aliphatic carbocycles. The van der Waals surface area contributed by atoms with E-state index in [9.17, 15) is 17.6 Å². The van der Waals surface area contributed by atoms with E-state index < -0.39 is 15.8 Å². The van der Waals surface area contributed by atoms with Crippen molar-refractivity contribution in [3.8, 4) is 0 Å². The minimum absolute atomic E-state index is 0.0639. The molecule has 3 rings (SSSR count). The van der Waals surface area contributed by atoms with Crippen LogP contribution in [0.15, 0.2) is 53.4 Å². The highest BCUT2D eigenvalue weighted by atomic mass is 32.2. The molecule has 1 amide bonds. The maximum atomic E-state index is 13.9. The first-order valence-electron chi connectivity index (χ1n) is 9.71. The molecule has 0 aromatic heterocycles. The average Bonchev–Trinajstić information content (AvgIpc) is 2.73. The molecule has 0 saturated carbocycles. The number of benzene rings is 2. The van der Waals surface area contributed by atoms with Crippen LogP contribution in [0.25, 0.3) is 0 Å². The first-order chi connectivity index (χ1) is 13.8. The maximum Gasteiger partial charge on any atom is 0.278 e. The van der Waals surface area contributed by atoms with Crippen LogP contribution in [-0.2, 0) is 21.4 Å². The SMILES string of the molecule is Cc1ccc(CNC(=O)[C@H](C)[NH+]2CCN(S(=O)(=O)c3ccccc3F)CC2)cc1. The number of carbonyl (C=O) groups excluding carboxylic acids is 1. The van der Waals surface area contributed by atoms with Crippen molar-refractivity contribution >= 4 is 15.9 Å². The number of nitrogens with one attached hydrogen (secondary N) is 2. The molecular formula is C21H27FN3O3S+. The van der Waals surface area contributed by atoms with E-state index in [4.69, 9.17) is 0 Å². The first-order valence-corrected chi connectivity index (χ1v) is 11.2. The molecule has 2 N–H and O–H groups in total. The van der Waals surface area contributed by atoms with Crippen LogP contribution in [0.4, 0.5) is 4.39 Å². The van der Waals surface area contributed by atoms with Crippen molar-refractivity contribution in [2.24, 2.45) is 0 Å². The minimum atomic E-state index is -3.87. The lowest BCUT2D eigenvalue weighted by atomic mass is 10.1. The van der Waals surface area contributed by atoms with Crippen LogP contribution < -0.4 is 10.2 Å². The van der Waals surface area contributed by atoms with Gasteiger partial charge in [-0.3, -0.25) is 4.79 Å². The van der Waals surface area contributed by atoms with Gasteiger partial charge in [0.2, 0.25) is 10.0 Å². The molecule has 1 atom stereocenters. The first kappa shape index (κ1) is 21.4. The molecule has 6 nitrogen and oxygen atoms in total. The lowest BCUT2D eigenvalue weighted by Crippen LogP contribution is -3.19. The van der Waals surface area contributed by atoms with Crippen molar-refractivity contribution in [2.45, 2.75) is 31.3 Å². The van der Waals surface area contributed by atoms with Crippen molar-refractivity contribution in [1.29, 1.82) is 0 Å². The van der Waals surface area contributed by atoms with Crippen LogP contribution in [0, 0.1) is 12.7 Å². The molecule has 1 fully saturated rings. The van der Waals surface area contributed by atoms with Gasteiger partial charge in [-0.05, 0) is 31.5 Å². The number of piperazine rings is 1. The molecule has 0 bridgehead atoms. The van der Waals surface area contributed by atoms with Gasteiger partial charge in [-0.1, -0.05) is 42.0 Å². The number of nitrogens with zero attached hydrogens (tertiary/aromatic N) is 1. The zero-order valence-corrected chi connectivity index (χ0v) is 17.5. The number of amides is 1. The fraction of sp³-hybridized carbons (Fsp3) is 0.381. The Bertz CT molecular complexity index is 955. The van der Waals surface area contributed by atoms with Gasteiger partial charge in [0, 0.05) is 6.54 Å². The van der Waals surface area contributed by atoms with E-state index in [1.165, 1.54) is 28.1 Å². The summed E-state index contributed by atoms with van der Waals surface area (Å²) in [7, 11) is -3.87. The Labute approximate surface area is 171 Å². The number of carbonyl (C=O) groups is 1. The molecule has 1 aliphatic heterocycles. The van der Waals surface area contributed by atoms with Crippen LogP contribution in [0.2, 0.25) is 0 Å². The molecule has 0 spiro atoms. The monoisotopic (exact) mass is 420 g/mol. The largest absolute Gasteiger partial charge is 0.347 e. The van der Waals surface area contributed by atoms with Gasteiger partial charge in [0.15, 0.2) is 6.04 Å². The van der Waals surface area contributed by atoms with Crippen LogP contribution in [0.3, 0.4) is 0 Å². The number of aryl methyl sites for hydroxylation is 1. The highest BCUT2D eigenvalue weighted by molar-refractivity contribution is 7.89. The second-order valence-corrected chi connectivity index (χ2v) is 9.32. The van der Waals surface area contributed by atoms with Gasteiger partial charge in [-0.15, -0.1) is 0 Å². The second kappa shape index (κ2) is 9.02. The summed E-state index contributed by atoms with van der Waals surface area (Å²) >= 11 is 0. The van der Waals surface area contributed by atoms with Crippen LogP contribution >= 0.6 is 0 Å². The molecule has 8 heteroatoms. The third-order valence-corrected chi connectivity index (χ3v) is 7.34. The van der Waals surface area contributed by atoms with Crippen molar-refractivity contribution in [3.63, 3.8) is 0 Å². The Morgan fingerprint density at radius 3 is 2.38 bits per heavy atom. The Morgan fingerprint density at radius 2 is 1.76 bits per heavy atom. The van der Waals surface area contributed by atoms with E-state index in [2.05, 4.69) is 5.32 Å². The third kappa shape index (κ3) is 5.01. The zero-order chi connectivity index (χ0) is 21.0. The third-order valence-electron chi connectivity index (χ3n) is 5.41.